The smallest absolute Gasteiger partial charge is 0.319 e. The number of carbonyl (C=O) groups is 1. The highest BCUT2D eigenvalue weighted by Gasteiger charge is 2.22. The predicted molar refractivity (Wildman–Crippen MR) is 91.0 cm³/mol. The van der Waals surface area contributed by atoms with Crippen LogP contribution in [0.2, 0.25) is 0 Å². The molecule has 0 aromatic heterocycles. The third-order valence-corrected chi connectivity index (χ3v) is 3.91. The first-order valence-electron chi connectivity index (χ1n) is 7.72. The van der Waals surface area contributed by atoms with Crippen LogP contribution in [0.25, 0.3) is 0 Å². The molecule has 0 spiro atoms. The van der Waals surface area contributed by atoms with E-state index >= 15 is 0 Å². The van der Waals surface area contributed by atoms with Crippen molar-refractivity contribution >= 4 is 11.7 Å². The maximum Gasteiger partial charge on any atom is 0.319 e. The number of hydrogen-bond acceptors (Lipinski definition) is 4. The van der Waals surface area contributed by atoms with Gasteiger partial charge in [0.2, 0.25) is 0 Å². The summed E-state index contributed by atoms with van der Waals surface area (Å²) < 4.78 is 16.0. The van der Waals surface area contributed by atoms with Crippen molar-refractivity contribution in [2.24, 2.45) is 0 Å². The van der Waals surface area contributed by atoms with Crippen LogP contribution in [-0.4, -0.2) is 26.9 Å². The minimum absolute atomic E-state index is 0.0740. The second-order valence-electron chi connectivity index (χ2n) is 5.40. The van der Waals surface area contributed by atoms with Crippen molar-refractivity contribution in [1.29, 1.82) is 0 Å². The zero-order valence-electron chi connectivity index (χ0n) is 13.7. The largest absolute Gasteiger partial charge is 0.493 e. The number of carbonyl (C=O) groups excluding carboxylic acids is 1. The second kappa shape index (κ2) is 7.12. The zero-order valence-corrected chi connectivity index (χ0v) is 13.7. The van der Waals surface area contributed by atoms with E-state index in [-0.39, 0.29) is 12.1 Å². The molecule has 1 unspecified atom stereocenters. The minimum atomic E-state index is -0.274. The number of para-hydroxylation sites is 1. The van der Waals surface area contributed by atoms with E-state index < -0.39 is 0 Å². The quantitative estimate of drug-likeness (QED) is 0.903. The Morgan fingerprint density at radius 2 is 1.92 bits per heavy atom. The Balaban J connectivity index is 1.69. The summed E-state index contributed by atoms with van der Waals surface area (Å²) in [5.41, 5.74) is 1.62. The first kappa shape index (κ1) is 16.0. The molecule has 1 aliphatic rings. The lowest BCUT2D eigenvalue weighted by molar-refractivity contribution is 0.232. The summed E-state index contributed by atoms with van der Waals surface area (Å²) in [6.45, 7) is 0.582. The number of ether oxygens (including phenoxy) is 3. The highest BCUT2D eigenvalue weighted by Crippen LogP contribution is 2.32. The van der Waals surface area contributed by atoms with Gasteiger partial charge in [0.1, 0.15) is 5.75 Å². The Labute approximate surface area is 140 Å². The SMILES string of the molecule is COc1ccc(NC(=O)NC2CCOc3ccccc32)cc1OC. The molecule has 1 aliphatic heterocycles. The molecule has 6 nitrogen and oxygen atoms in total. The third-order valence-electron chi connectivity index (χ3n) is 3.91. The van der Waals surface area contributed by atoms with Gasteiger partial charge in [0.25, 0.3) is 0 Å². The van der Waals surface area contributed by atoms with Crippen LogP contribution in [0.3, 0.4) is 0 Å². The van der Waals surface area contributed by atoms with Gasteiger partial charge in [0.05, 0.1) is 26.9 Å². The van der Waals surface area contributed by atoms with Gasteiger partial charge in [0, 0.05) is 23.7 Å². The van der Waals surface area contributed by atoms with Crippen LogP contribution in [0.15, 0.2) is 42.5 Å². The number of hydrogen-bond donors (Lipinski definition) is 2. The topological polar surface area (TPSA) is 68.8 Å². The highest BCUT2D eigenvalue weighted by atomic mass is 16.5. The fourth-order valence-electron chi connectivity index (χ4n) is 2.73. The van der Waals surface area contributed by atoms with Gasteiger partial charge in [0.15, 0.2) is 11.5 Å². The molecule has 2 amide bonds. The number of amides is 2. The number of methoxy groups -OCH3 is 2. The Hall–Kier alpha value is -2.89. The van der Waals surface area contributed by atoms with E-state index in [1.54, 1.807) is 32.4 Å². The fraction of sp³-hybridized carbons (Fsp3) is 0.278. The lowest BCUT2D eigenvalue weighted by atomic mass is 10.0. The number of benzene rings is 2. The average molecular weight is 328 g/mol. The van der Waals surface area contributed by atoms with Crippen LogP contribution in [-0.2, 0) is 0 Å². The number of fused-ring (bicyclic) bond motifs is 1. The number of nitrogens with one attached hydrogen (secondary N) is 2. The molecule has 2 N–H and O–H groups in total. The summed E-state index contributed by atoms with van der Waals surface area (Å²) in [7, 11) is 3.13. The molecule has 2 aromatic rings. The van der Waals surface area contributed by atoms with E-state index in [0.29, 0.717) is 23.8 Å². The molecular weight excluding hydrogens is 308 g/mol. The van der Waals surface area contributed by atoms with Gasteiger partial charge in [-0.25, -0.2) is 4.79 Å². The Morgan fingerprint density at radius 1 is 1.12 bits per heavy atom. The predicted octanol–water partition coefficient (Wildman–Crippen LogP) is 3.35. The average Bonchev–Trinajstić information content (AvgIpc) is 2.62. The number of urea groups is 1. The van der Waals surface area contributed by atoms with Crippen LogP contribution in [0, 0.1) is 0 Å². The van der Waals surface area contributed by atoms with Crippen LogP contribution >= 0.6 is 0 Å². The standard InChI is InChI=1S/C18H20N2O4/c1-22-16-8-7-12(11-17(16)23-2)19-18(21)20-14-9-10-24-15-6-4-3-5-13(14)15/h3-8,11,14H,9-10H2,1-2H3,(H2,19,20,21). The van der Waals surface area contributed by atoms with E-state index in [1.165, 1.54) is 0 Å². The van der Waals surface area contributed by atoms with Crippen molar-refractivity contribution in [3.63, 3.8) is 0 Å². The summed E-state index contributed by atoms with van der Waals surface area (Å²) >= 11 is 0. The summed E-state index contributed by atoms with van der Waals surface area (Å²) in [5.74, 6) is 1.99. The summed E-state index contributed by atoms with van der Waals surface area (Å²) in [5, 5.41) is 5.81. The molecule has 0 saturated carbocycles. The zero-order chi connectivity index (χ0) is 16.9. The summed E-state index contributed by atoms with van der Waals surface area (Å²) in [6.07, 6.45) is 0.733. The molecular formula is C18H20N2O4. The Kier molecular flexibility index (Phi) is 4.74. The summed E-state index contributed by atoms with van der Waals surface area (Å²) in [6, 6.07) is 12.6. The third kappa shape index (κ3) is 3.37. The van der Waals surface area contributed by atoms with Gasteiger partial charge < -0.3 is 24.8 Å². The second-order valence-corrected chi connectivity index (χ2v) is 5.40. The van der Waals surface area contributed by atoms with Gasteiger partial charge in [-0.05, 0) is 18.2 Å². The van der Waals surface area contributed by atoms with Crippen LogP contribution in [0.1, 0.15) is 18.0 Å². The van der Waals surface area contributed by atoms with Crippen LogP contribution in [0.4, 0.5) is 10.5 Å². The fourth-order valence-corrected chi connectivity index (χ4v) is 2.73. The van der Waals surface area contributed by atoms with Crippen molar-refractivity contribution < 1.29 is 19.0 Å². The first-order valence-corrected chi connectivity index (χ1v) is 7.72. The van der Waals surface area contributed by atoms with Crippen molar-refractivity contribution in [2.45, 2.75) is 12.5 Å². The van der Waals surface area contributed by atoms with Crippen molar-refractivity contribution in [3.8, 4) is 17.2 Å². The molecule has 3 rings (SSSR count). The Morgan fingerprint density at radius 3 is 2.71 bits per heavy atom. The normalized spacial score (nSPS) is 15.7. The van der Waals surface area contributed by atoms with E-state index in [2.05, 4.69) is 10.6 Å². The van der Waals surface area contributed by atoms with Crippen molar-refractivity contribution in [2.75, 3.05) is 26.1 Å². The van der Waals surface area contributed by atoms with Crippen LogP contribution < -0.4 is 24.8 Å². The highest BCUT2D eigenvalue weighted by molar-refractivity contribution is 5.90. The Bertz CT molecular complexity index is 733. The monoisotopic (exact) mass is 328 g/mol. The molecule has 6 heteroatoms. The lowest BCUT2D eigenvalue weighted by Gasteiger charge is -2.26. The van der Waals surface area contributed by atoms with E-state index in [1.807, 2.05) is 24.3 Å². The van der Waals surface area contributed by atoms with Gasteiger partial charge >= 0.3 is 6.03 Å². The molecule has 24 heavy (non-hydrogen) atoms. The molecule has 0 fully saturated rings. The maximum absolute atomic E-state index is 12.3. The van der Waals surface area contributed by atoms with Gasteiger partial charge in [-0.15, -0.1) is 0 Å². The number of anilines is 1. The van der Waals surface area contributed by atoms with Gasteiger partial charge in [-0.3, -0.25) is 0 Å². The first-order chi connectivity index (χ1) is 11.7. The summed E-state index contributed by atoms with van der Waals surface area (Å²) in [4.78, 5) is 12.3. The molecule has 0 radical (unpaired) electrons. The molecule has 1 atom stereocenters. The molecule has 0 bridgehead atoms. The molecule has 0 aliphatic carbocycles. The maximum atomic E-state index is 12.3. The van der Waals surface area contributed by atoms with E-state index in [4.69, 9.17) is 14.2 Å². The van der Waals surface area contributed by atoms with Crippen molar-refractivity contribution in [1.82, 2.24) is 5.32 Å². The van der Waals surface area contributed by atoms with E-state index in [9.17, 15) is 4.79 Å². The minimum Gasteiger partial charge on any atom is -0.493 e. The van der Waals surface area contributed by atoms with E-state index in [0.717, 1.165) is 17.7 Å². The number of rotatable bonds is 4. The molecule has 0 saturated heterocycles. The molecule has 1 heterocycles. The molecule has 126 valence electrons. The van der Waals surface area contributed by atoms with Gasteiger partial charge in [-0.1, -0.05) is 18.2 Å². The van der Waals surface area contributed by atoms with Crippen LogP contribution in [0.5, 0.6) is 17.2 Å². The van der Waals surface area contributed by atoms with Gasteiger partial charge in [-0.2, -0.15) is 0 Å². The lowest BCUT2D eigenvalue weighted by Crippen LogP contribution is -2.35. The molecule has 2 aromatic carbocycles. The van der Waals surface area contributed by atoms with Crippen molar-refractivity contribution in [3.05, 3.63) is 48.0 Å².